The average Bonchev–Trinajstić information content (AvgIpc) is 2.18. The lowest BCUT2D eigenvalue weighted by Gasteiger charge is -1.96. The van der Waals surface area contributed by atoms with Gasteiger partial charge in [0.1, 0.15) is 11.4 Å². The van der Waals surface area contributed by atoms with Crippen LogP contribution in [0.1, 0.15) is 5.69 Å². The third-order valence-corrected chi connectivity index (χ3v) is 1.97. The van der Waals surface area contributed by atoms with Gasteiger partial charge in [-0.05, 0) is 13.0 Å². The van der Waals surface area contributed by atoms with Crippen LogP contribution in [0.4, 0.5) is 0 Å². The Morgan fingerprint density at radius 3 is 2.33 bits per heavy atom. The second kappa shape index (κ2) is 5.16. The van der Waals surface area contributed by atoms with Crippen LogP contribution in [0.15, 0.2) is 36.4 Å². The zero-order valence-corrected chi connectivity index (χ0v) is 10.8. The molecule has 2 rings (SSSR count). The van der Waals surface area contributed by atoms with Gasteiger partial charge in [-0.2, -0.15) is 0 Å². The predicted molar refractivity (Wildman–Crippen MR) is 53.4 cm³/mol. The first-order valence-electron chi connectivity index (χ1n) is 4.53. The van der Waals surface area contributed by atoms with Gasteiger partial charge in [-0.3, -0.25) is 0 Å². The first-order valence-corrected chi connectivity index (χ1v) is 4.53. The lowest BCUT2D eigenvalue weighted by Crippen LogP contribution is -3.00. The average molecular weight is 313 g/mol. The molecule has 0 saturated carbocycles. The predicted octanol–water partition coefficient (Wildman–Crippen LogP) is -1.72. The normalized spacial score (nSPS) is 9.47. The van der Waals surface area contributed by atoms with E-state index in [2.05, 4.69) is 10.2 Å². The van der Waals surface area contributed by atoms with Gasteiger partial charge in [0.15, 0.2) is 7.05 Å². The van der Waals surface area contributed by atoms with E-state index in [4.69, 9.17) is 0 Å². The van der Waals surface area contributed by atoms with Gasteiger partial charge in [-0.25, -0.2) is 0 Å². The molecule has 0 bridgehead atoms. The van der Waals surface area contributed by atoms with E-state index in [9.17, 15) is 0 Å². The van der Waals surface area contributed by atoms with E-state index in [0.717, 1.165) is 17.0 Å². The highest BCUT2D eigenvalue weighted by molar-refractivity contribution is 5.57. The molecule has 0 fully saturated rings. The monoisotopic (exact) mass is 313 g/mol. The zero-order chi connectivity index (χ0) is 9.97. The van der Waals surface area contributed by atoms with Gasteiger partial charge in [0.25, 0.3) is 0 Å². The maximum absolute atomic E-state index is 4.31. The highest BCUT2D eigenvalue weighted by Gasteiger charge is 2.06. The Kier molecular flexibility index (Phi) is 4.14. The van der Waals surface area contributed by atoms with Crippen molar-refractivity contribution in [3.8, 4) is 11.3 Å². The van der Waals surface area contributed by atoms with Crippen LogP contribution in [-0.4, -0.2) is 10.2 Å². The maximum Gasteiger partial charge on any atom is 0.193 e. The minimum atomic E-state index is 0. The summed E-state index contributed by atoms with van der Waals surface area (Å²) in [6.07, 6.45) is 0. The Morgan fingerprint density at radius 1 is 1.07 bits per heavy atom. The number of halogens is 1. The molecular weight excluding hydrogens is 301 g/mol. The number of aromatic nitrogens is 3. The van der Waals surface area contributed by atoms with Gasteiger partial charge < -0.3 is 24.0 Å². The van der Waals surface area contributed by atoms with Crippen molar-refractivity contribution >= 4 is 0 Å². The summed E-state index contributed by atoms with van der Waals surface area (Å²) in [6, 6.07) is 12.1. The molecule has 0 amide bonds. The molecule has 4 heteroatoms. The Labute approximate surface area is 106 Å². The van der Waals surface area contributed by atoms with Crippen LogP contribution in [-0.2, 0) is 7.05 Å². The molecule has 3 nitrogen and oxygen atoms in total. The largest absolute Gasteiger partial charge is 1.00 e. The quantitative estimate of drug-likeness (QED) is 0.463. The summed E-state index contributed by atoms with van der Waals surface area (Å²) in [5.41, 5.74) is 3.05. The van der Waals surface area contributed by atoms with Gasteiger partial charge in [-0.15, -0.1) is 0 Å². The van der Waals surface area contributed by atoms with Crippen molar-refractivity contribution < 1.29 is 28.8 Å². The van der Waals surface area contributed by atoms with Crippen LogP contribution in [0, 0.1) is 6.92 Å². The molecule has 0 radical (unpaired) electrons. The molecule has 0 aliphatic heterocycles. The number of benzene rings is 1. The minimum absolute atomic E-state index is 0. The molecule has 1 aromatic heterocycles. The van der Waals surface area contributed by atoms with Crippen molar-refractivity contribution in [2.45, 2.75) is 6.92 Å². The molecular formula is C11H12IN3. The molecule has 78 valence electrons. The Hall–Kier alpha value is -1.04. The van der Waals surface area contributed by atoms with Crippen LogP contribution in [0.3, 0.4) is 0 Å². The Morgan fingerprint density at radius 2 is 1.73 bits per heavy atom. The van der Waals surface area contributed by atoms with E-state index in [0.29, 0.717) is 0 Å². The number of nitrogens with zero attached hydrogens (tertiary/aromatic N) is 3. The van der Waals surface area contributed by atoms with Crippen LogP contribution in [0.25, 0.3) is 11.3 Å². The summed E-state index contributed by atoms with van der Waals surface area (Å²) in [5.74, 6) is 0. The van der Waals surface area contributed by atoms with Crippen molar-refractivity contribution in [2.75, 3.05) is 0 Å². The van der Waals surface area contributed by atoms with Gasteiger partial charge in [0.05, 0.1) is 0 Å². The van der Waals surface area contributed by atoms with Gasteiger partial charge >= 0.3 is 0 Å². The van der Waals surface area contributed by atoms with Gasteiger partial charge in [0.2, 0.25) is 0 Å². The van der Waals surface area contributed by atoms with Crippen LogP contribution in [0.2, 0.25) is 0 Å². The molecule has 0 aliphatic rings. The fourth-order valence-electron chi connectivity index (χ4n) is 1.41. The molecule has 1 heterocycles. The zero-order valence-electron chi connectivity index (χ0n) is 8.68. The number of aryl methyl sites for hydroxylation is 2. The molecule has 0 aliphatic carbocycles. The lowest BCUT2D eigenvalue weighted by molar-refractivity contribution is -0.786. The molecule has 0 N–H and O–H groups in total. The summed E-state index contributed by atoms with van der Waals surface area (Å²) >= 11 is 0. The van der Waals surface area contributed by atoms with Crippen molar-refractivity contribution in [3.05, 3.63) is 42.1 Å². The molecule has 0 saturated heterocycles. The summed E-state index contributed by atoms with van der Waals surface area (Å²) < 4.78 is 0. The fraction of sp³-hybridized carbons (Fsp3) is 0.182. The second-order valence-corrected chi connectivity index (χ2v) is 3.23. The maximum atomic E-state index is 4.31. The van der Waals surface area contributed by atoms with Crippen LogP contribution < -0.4 is 28.8 Å². The summed E-state index contributed by atoms with van der Waals surface area (Å²) in [6.45, 7) is 1.97. The van der Waals surface area contributed by atoms with Crippen molar-refractivity contribution in [3.63, 3.8) is 0 Å². The highest BCUT2D eigenvalue weighted by atomic mass is 127. The lowest BCUT2D eigenvalue weighted by atomic mass is 10.1. The van der Waals surface area contributed by atoms with Crippen molar-refractivity contribution in [2.24, 2.45) is 7.05 Å². The first kappa shape index (κ1) is 12.0. The number of rotatable bonds is 1. The molecule has 0 atom stereocenters. The highest BCUT2D eigenvalue weighted by Crippen LogP contribution is 2.14. The topological polar surface area (TPSA) is 29.7 Å². The summed E-state index contributed by atoms with van der Waals surface area (Å²) in [7, 11) is 1.83. The summed E-state index contributed by atoms with van der Waals surface area (Å²) in [5, 5.41) is 8.48. The number of hydrogen-bond donors (Lipinski definition) is 0. The van der Waals surface area contributed by atoms with E-state index in [1.54, 1.807) is 4.80 Å². The van der Waals surface area contributed by atoms with E-state index in [1.807, 2.05) is 50.4 Å². The third kappa shape index (κ3) is 2.95. The first-order chi connectivity index (χ1) is 6.75. The standard InChI is InChI=1S/C11H12N3.HI/c1-9-8-11(13-14(2)12-9)10-6-4-3-5-7-10;/h3-8H,1-2H3;1H/q+1;/p-1. The molecule has 1 aromatic carbocycles. The fourth-order valence-corrected chi connectivity index (χ4v) is 1.41. The van der Waals surface area contributed by atoms with E-state index < -0.39 is 0 Å². The Bertz CT molecular complexity index is 423. The Balaban J connectivity index is 0.00000112. The molecule has 15 heavy (non-hydrogen) atoms. The summed E-state index contributed by atoms with van der Waals surface area (Å²) in [4.78, 5) is 1.59. The van der Waals surface area contributed by atoms with Crippen molar-refractivity contribution in [1.29, 1.82) is 0 Å². The third-order valence-electron chi connectivity index (χ3n) is 1.97. The van der Waals surface area contributed by atoms with E-state index in [1.165, 1.54) is 0 Å². The van der Waals surface area contributed by atoms with Crippen LogP contribution >= 0.6 is 0 Å². The second-order valence-electron chi connectivity index (χ2n) is 3.23. The molecule has 0 unspecified atom stereocenters. The smallest absolute Gasteiger partial charge is 0.193 e. The molecule has 0 spiro atoms. The van der Waals surface area contributed by atoms with Gasteiger partial charge in [0, 0.05) is 20.6 Å². The van der Waals surface area contributed by atoms with Gasteiger partial charge in [-0.1, -0.05) is 30.3 Å². The number of hydrogen-bond acceptors (Lipinski definition) is 2. The van der Waals surface area contributed by atoms with E-state index in [-0.39, 0.29) is 24.0 Å². The van der Waals surface area contributed by atoms with Crippen molar-refractivity contribution in [1.82, 2.24) is 10.2 Å². The SMILES string of the molecule is Cc1cc(-c2ccccc2)n[n+](C)n1.[I-]. The van der Waals surface area contributed by atoms with Crippen LogP contribution in [0.5, 0.6) is 0 Å². The minimum Gasteiger partial charge on any atom is -1.00 e. The molecule has 2 aromatic rings. The van der Waals surface area contributed by atoms with E-state index >= 15 is 0 Å².